The van der Waals surface area contributed by atoms with E-state index in [1.165, 1.54) is 6.07 Å². The van der Waals surface area contributed by atoms with Gasteiger partial charge in [-0.25, -0.2) is 0 Å². The molecule has 2 fully saturated rings. The molecule has 6 heteroatoms. The zero-order valence-electron chi connectivity index (χ0n) is 11.2. The molecule has 0 aromatic heterocycles. The highest BCUT2D eigenvalue weighted by Crippen LogP contribution is 2.36. The number of hydrogen-bond acceptors (Lipinski definition) is 5. The van der Waals surface area contributed by atoms with Crippen LogP contribution in [0.25, 0.3) is 0 Å². The summed E-state index contributed by atoms with van der Waals surface area (Å²) in [6.45, 7) is 5.19. The minimum Gasteiger partial charge on any atom is -0.368 e. The Balaban J connectivity index is 1.92. The van der Waals surface area contributed by atoms with Crippen molar-refractivity contribution in [1.29, 1.82) is 5.26 Å². The fourth-order valence-electron chi connectivity index (χ4n) is 3.46. The third-order valence-corrected chi connectivity index (χ3v) is 4.56. The zero-order valence-corrected chi connectivity index (χ0v) is 11.2. The lowest BCUT2D eigenvalue weighted by atomic mass is 9.95. The summed E-state index contributed by atoms with van der Waals surface area (Å²) >= 11 is 0. The number of rotatable bonds is 2. The molecule has 0 aliphatic carbocycles. The van der Waals surface area contributed by atoms with Gasteiger partial charge in [0.15, 0.2) is 0 Å². The Morgan fingerprint density at radius 3 is 2.95 bits per heavy atom. The van der Waals surface area contributed by atoms with E-state index in [9.17, 15) is 10.1 Å². The minimum absolute atomic E-state index is 0.120. The van der Waals surface area contributed by atoms with Crippen molar-refractivity contribution >= 4 is 11.4 Å². The normalized spacial score (nSPS) is 28.2. The van der Waals surface area contributed by atoms with Gasteiger partial charge in [-0.2, -0.15) is 5.26 Å². The van der Waals surface area contributed by atoms with Gasteiger partial charge in [0.05, 0.1) is 4.92 Å². The lowest BCUT2D eigenvalue weighted by molar-refractivity contribution is -0.385. The van der Waals surface area contributed by atoms with E-state index in [2.05, 4.69) is 17.1 Å². The van der Waals surface area contributed by atoms with Crippen molar-refractivity contribution in [2.24, 2.45) is 11.8 Å². The van der Waals surface area contributed by atoms with E-state index in [0.29, 0.717) is 17.9 Å². The summed E-state index contributed by atoms with van der Waals surface area (Å²) in [7, 11) is 0. The highest BCUT2D eigenvalue weighted by Gasteiger charge is 2.41. The Morgan fingerprint density at radius 1 is 1.50 bits per heavy atom. The SMILES string of the molecule is CC1C2CNCC2CN1c1ccc([N+](=O)[O-])c(C#N)c1. The number of nitro groups is 1. The van der Waals surface area contributed by atoms with Gasteiger partial charge in [0.1, 0.15) is 11.6 Å². The van der Waals surface area contributed by atoms with Gasteiger partial charge in [0, 0.05) is 37.4 Å². The number of hydrogen-bond donors (Lipinski definition) is 1. The molecule has 0 spiro atoms. The Hall–Kier alpha value is -2.13. The van der Waals surface area contributed by atoms with Crippen molar-refractivity contribution in [2.45, 2.75) is 13.0 Å². The van der Waals surface area contributed by atoms with E-state index in [-0.39, 0.29) is 11.3 Å². The second kappa shape index (κ2) is 4.76. The first-order valence-electron chi connectivity index (χ1n) is 6.77. The molecule has 1 aromatic carbocycles. The van der Waals surface area contributed by atoms with Gasteiger partial charge in [-0.05, 0) is 30.9 Å². The molecule has 0 radical (unpaired) electrons. The number of anilines is 1. The number of nitro benzene ring substituents is 1. The molecule has 20 heavy (non-hydrogen) atoms. The van der Waals surface area contributed by atoms with Crippen LogP contribution in [0.3, 0.4) is 0 Å². The van der Waals surface area contributed by atoms with E-state index >= 15 is 0 Å². The van der Waals surface area contributed by atoms with Crippen LogP contribution in [0, 0.1) is 33.3 Å². The highest BCUT2D eigenvalue weighted by molar-refractivity contribution is 5.61. The minimum atomic E-state index is -0.506. The van der Waals surface area contributed by atoms with E-state index in [1.54, 1.807) is 12.1 Å². The lowest BCUT2D eigenvalue weighted by Gasteiger charge is -2.26. The molecule has 0 saturated carbocycles. The molecule has 0 amide bonds. The molecule has 3 atom stereocenters. The predicted octanol–water partition coefficient (Wildman–Crippen LogP) is 1.51. The van der Waals surface area contributed by atoms with E-state index in [1.807, 2.05) is 6.07 Å². The molecular weight excluding hydrogens is 256 g/mol. The van der Waals surface area contributed by atoms with Gasteiger partial charge >= 0.3 is 0 Å². The summed E-state index contributed by atoms with van der Waals surface area (Å²) in [6.07, 6.45) is 0. The van der Waals surface area contributed by atoms with Crippen molar-refractivity contribution < 1.29 is 4.92 Å². The second-order valence-corrected chi connectivity index (χ2v) is 5.55. The zero-order chi connectivity index (χ0) is 14.3. The largest absolute Gasteiger partial charge is 0.368 e. The van der Waals surface area contributed by atoms with E-state index in [4.69, 9.17) is 5.26 Å². The number of nitrogens with one attached hydrogen (secondary N) is 1. The summed E-state index contributed by atoms with van der Waals surface area (Å²) in [5.74, 6) is 1.25. The maximum absolute atomic E-state index is 10.9. The van der Waals surface area contributed by atoms with Gasteiger partial charge < -0.3 is 10.2 Å². The van der Waals surface area contributed by atoms with Crippen molar-refractivity contribution in [1.82, 2.24) is 5.32 Å². The third-order valence-electron chi connectivity index (χ3n) is 4.56. The van der Waals surface area contributed by atoms with Crippen LogP contribution in [-0.2, 0) is 0 Å². The van der Waals surface area contributed by atoms with Crippen molar-refractivity contribution in [2.75, 3.05) is 24.5 Å². The summed E-state index contributed by atoms with van der Waals surface area (Å²) in [5, 5.41) is 23.4. The summed E-state index contributed by atoms with van der Waals surface area (Å²) in [6, 6.07) is 7.15. The second-order valence-electron chi connectivity index (χ2n) is 5.55. The Labute approximate surface area is 117 Å². The van der Waals surface area contributed by atoms with Crippen LogP contribution in [0.5, 0.6) is 0 Å². The van der Waals surface area contributed by atoms with Gasteiger partial charge in [-0.15, -0.1) is 0 Å². The molecule has 2 saturated heterocycles. The lowest BCUT2D eigenvalue weighted by Crippen LogP contribution is -2.33. The molecule has 104 valence electrons. The molecule has 3 rings (SSSR count). The Kier molecular flexibility index (Phi) is 3.07. The molecule has 2 aliphatic heterocycles. The molecule has 0 bridgehead atoms. The van der Waals surface area contributed by atoms with Gasteiger partial charge in [-0.1, -0.05) is 0 Å². The van der Waals surface area contributed by atoms with Crippen LogP contribution in [0.4, 0.5) is 11.4 Å². The quantitative estimate of drug-likeness (QED) is 0.652. The predicted molar refractivity (Wildman–Crippen MR) is 74.5 cm³/mol. The average Bonchev–Trinajstić information content (AvgIpc) is 3.01. The standard InChI is InChI=1S/C14H16N4O2/c1-9-13-7-16-6-11(13)8-17(9)12-2-3-14(18(19)20)10(4-12)5-15/h2-4,9,11,13,16H,6-8H2,1H3. The number of benzene rings is 1. The number of fused-ring (bicyclic) bond motifs is 1. The van der Waals surface area contributed by atoms with Crippen molar-refractivity contribution in [3.63, 3.8) is 0 Å². The third kappa shape index (κ3) is 1.91. The first kappa shape index (κ1) is 12.9. The van der Waals surface area contributed by atoms with Gasteiger partial charge in [0.25, 0.3) is 5.69 Å². The van der Waals surface area contributed by atoms with E-state index < -0.39 is 4.92 Å². The average molecular weight is 272 g/mol. The van der Waals surface area contributed by atoms with Crippen LogP contribution in [0.1, 0.15) is 12.5 Å². The Morgan fingerprint density at radius 2 is 2.30 bits per heavy atom. The molecule has 2 heterocycles. The first-order chi connectivity index (χ1) is 9.61. The fraction of sp³-hybridized carbons (Fsp3) is 0.500. The highest BCUT2D eigenvalue weighted by atomic mass is 16.6. The van der Waals surface area contributed by atoms with Crippen LogP contribution in [-0.4, -0.2) is 30.6 Å². The smallest absolute Gasteiger partial charge is 0.287 e. The first-order valence-corrected chi connectivity index (χ1v) is 6.77. The van der Waals surface area contributed by atoms with Crippen molar-refractivity contribution in [3.05, 3.63) is 33.9 Å². The molecule has 1 aromatic rings. The molecule has 1 N–H and O–H groups in total. The molecular formula is C14H16N4O2. The molecule has 6 nitrogen and oxygen atoms in total. The summed E-state index contributed by atoms with van der Waals surface area (Å²) in [4.78, 5) is 12.6. The summed E-state index contributed by atoms with van der Waals surface area (Å²) < 4.78 is 0. The maximum atomic E-state index is 10.9. The Bertz CT molecular complexity index is 595. The number of nitriles is 1. The van der Waals surface area contributed by atoms with Crippen LogP contribution in [0.2, 0.25) is 0 Å². The van der Waals surface area contributed by atoms with Crippen LogP contribution < -0.4 is 10.2 Å². The van der Waals surface area contributed by atoms with Crippen molar-refractivity contribution in [3.8, 4) is 6.07 Å². The fourth-order valence-corrected chi connectivity index (χ4v) is 3.46. The maximum Gasteiger partial charge on any atom is 0.287 e. The van der Waals surface area contributed by atoms with Crippen LogP contribution >= 0.6 is 0 Å². The molecule has 3 unspecified atom stereocenters. The van der Waals surface area contributed by atoms with Crippen LogP contribution in [0.15, 0.2) is 18.2 Å². The van der Waals surface area contributed by atoms with Gasteiger partial charge in [-0.3, -0.25) is 10.1 Å². The molecule has 2 aliphatic rings. The van der Waals surface area contributed by atoms with E-state index in [0.717, 1.165) is 25.3 Å². The summed E-state index contributed by atoms with van der Waals surface area (Å²) in [5.41, 5.74) is 0.925. The van der Waals surface area contributed by atoms with Gasteiger partial charge in [0.2, 0.25) is 0 Å². The topological polar surface area (TPSA) is 82.2 Å². The number of nitrogens with zero attached hydrogens (tertiary/aromatic N) is 3. The monoisotopic (exact) mass is 272 g/mol.